The molecular weight excluding hydrogens is 272 g/mol. The van der Waals surface area contributed by atoms with Crippen molar-refractivity contribution in [2.75, 3.05) is 18.2 Å². The lowest BCUT2D eigenvalue weighted by Gasteiger charge is -2.09. The summed E-state index contributed by atoms with van der Waals surface area (Å²) in [4.78, 5) is 17.5. The van der Waals surface area contributed by atoms with Crippen LogP contribution in [0.2, 0.25) is 0 Å². The second kappa shape index (κ2) is 6.96. The largest absolute Gasteiger partial charge is 0.477 e. The Bertz CT molecular complexity index is 585. The van der Waals surface area contributed by atoms with Gasteiger partial charge in [0.05, 0.1) is 6.61 Å². The van der Waals surface area contributed by atoms with E-state index in [1.54, 1.807) is 30.1 Å². The number of anilines is 1. The first-order chi connectivity index (χ1) is 9.74. The first-order valence-electron chi connectivity index (χ1n) is 6.27. The van der Waals surface area contributed by atoms with Gasteiger partial charge in [0, 0.05) is 16.8 Å². The van der Waals surface area contributed by atoms with Crippen molar-refractivity contribution in [2.45, 2.75) is 11.8 Å². The summed E-state index contributed by atoms with van der Waals surface area (Å²) in [7, 11) is 0. The molecule has 2 rings (SSSR count). The van der Waals surface area contributed by atoms with Crippen LogP contribution in [0, 0.1) is 0 Å². The highest BCUT2D eigenvalue weighted by Crippen LogP contribution is 2.20. The molecule has 2 aromatic rings. The Labute approximate surface area is 122 Å². The fourth-order valence-electron chi connectivity index (χ4n) is 1.69. The Morgan fingerprint density at radius 2 is 2.05 bits per heavy atom. The van der Waals surface area contributed by atoms with E-state index in [2.05, 4.69) is 10.3 Å². The van der Waals surface area contributed by atoms with E-state index >= 15 is 0 Å². The van der Waals surface area contributed by atoms with Crippen LogP contribution in [0.1, 0.15) is 17.3 Å². The summed E-state index contributed by atoms with van der Waals surface area (Å²) in [5.41, 5.74) is 1.18. The van der Waals surface area contributed by atoms with E-state index in [9.17, 15) is 4.79 Å². The molecule has 104 valence electrons. The predicted molar refractivity (Wildman–Crippen MR) is 81.6 cm³/mol. The predicted octanol–water partition coefficient (Wildman–Crippen LogP) is 3.45. The summed E-state index contributed by atoms with van der Waals surface area (Å²) < 4.78 is 5.36. The molecule has 0 bridgehead atoms. The molecular formula is C15H16N2O2S. The van der Waals surface area contributed by atoms with Gasteiger partial charge in [0.25, 0.3) is 5.91 Å². The van der Waals surface area contributed by atoms with Crippen LogP contribution >= 0.6 is 11.8 Å². The number of carbonyl (C=O) groups is 1. The van der Waals surface area contributed by atoms with Crippen LogP contribution in [0.4, 0.5) is 5.69 Å². The highest BCUT2D eigenvalue weighted by molar-refractivity contribution is 7.98. The van der Waals surface area contributed by atoms with Crippen molar-refractivity contribution in [3.8, 4) is 5.88 Å². The zero-order valence-electron chi connectivity index (χ0n) is 11.4. The highest BCUT2D eigenvalue weighted by atomic mass is 32.2. The van der Waals surface area contributed by atoms with Crippen LogP contribution in [-0.2, 0) is 0 Å². The Balaban J connectivity index is 2.15. The zero-order valence-corrected chi connectivity index (χ0v) is 12.2. The molecule has 0 aliphatic heterocycles. The van der Waals surface area contributed by atoms with Crippen LogP contribution in [-0.4, -0.2) is 23.8 Å². The summed E-state index contributed by atoms with van der Waals surface area (Å²) in [5, 5.41) is 2.84. The lowest BCUT2D eigenvalue weighted by Crippen LogP contribution is -2.14. The molecule has 0 saturated heterocycles. The number of nitrogens with one attached hydrogen (secondary N) is 1. The van der Waals surface area contributed by atoms with Crippen molar-refractivity contribution in [3.63, 3.8) is 0 Å². The second-order valence-electron chi connectivity index (χ2n) is 3.97. The maximum Gasteiger partial charge on any atom is 0.261 e. The van der Waals surface area contributed by atoms with Crippen molar-refractivity contribution in [1.29, 1.82) is 0 Å². The van der Waals surface area contributed by atoms with Gasteiger partial charge in [-0.3, -0.25) is 4.79 Å². The first kappa shape index (κ1) is 14.4. The minimum Gasteiger partial charge on any atom is -0.477 e. The highest BCUT2D eigenvalue weighted by Gasteiger charge is 2.13. The lowest BCUT2D eigenvalue weighted by molar-refractivity contribution is 0.102. The number of ether oxygens (including phenoxy) is 1. The number of hydrogen-bond donors (Lipinski definition) is 1. The number of amides is 1. The van der Waals surface area contributed by atoms with Gasteiger partial charge < -0.3 is 10.1 Å². The van der Waals surface area contributed by atoms with Gasteiger partial charge in [-0.25, -0.2) is 4.98 Å². The van der Waals surface area contributed by atoms with Crippen molar-refractivity contribution in [3.05, 3.63) is 48.2 Å². The fraction of sp³-hybridized carbons (Fsp3) is 0.200. The van der Waals surface area contributed by atoms with E-state index in [0.29, 0.717) is 18.1 Å². The molecule has 0 unspecified atom stereocenters. The van der Waals surface area contributed by atoms with Gasteiger partial charge in [-0.15, -0.1) is 11.8 Å². The molecule has 0 spiro atoms. The summed E-state index contributed by atoms with van der Waals surface area (Å²) >= 11 is 1.66. The van der Waals surface area contributed by atoms with Crippen molar-refractivity contribution >= 4 is 23.4 Å². The average Bonchev–Trinajstić information content (AvgIpc) is 2.49. The van der Waals surface area contributed by atoms with Gasteiger partial charge in [-0.2, -0.15) is 0 Å². The SMILES string of the molecule is CCOc1ncccc1C(=O)Nc1ccc(SC)cc1. The molecule has 0 aliphatic rings. The molecule has 4 nitrogen and oxygen atoms in total. The summed E-state index contributed by atoms with van der Waals surface area (Å²) in [6, 6.07) is 11.1. The molecule has 1 heterocycles. The fourth-order valence-corrected chi connectivity index (χ4v) is 2.10. The number of aromatic nitrogens is 1. The van der Waals surface area contributed by atoms with Gasteiger partial charge >= 0.3 is 0 Å². The first-order valence-corrected chi connectivity index (χ1v) is 7.50. The maximum atomic E-state index is 12.2. The standard InChI is InChI=1S/C15H16N2O2S/c1-3-19-15-13(5-4-10-16-15)14(18)17-11-6-8-12(20-2)9-7-11/h4-10H,3H2,1-2H3,(H,17,18). The third-order valence-corrected chi connectivity index (χ3v) is 3.39. The number of benzene rings is 1. The second-order valence-corrected chi connectivity index (χ2v) is 4.85. The molecule has 20 heavy (non-hydrogen) atoms. The summed E-state index contributed by atoms with van der Waals surface area (Å²) in [5.74, 6) is 0.131. The Morgan fingerprint density at radius 1 is 1.30 bits per heavy atom. The minimum atomic E-state index is -0.224. The lowest BCUT2D eigenvalue weighted by atomic mass is 10.2. The summed E-state index contributed by atoms with van der Waals surface area (Å²) in [6.45, 7) is 2.33. The zero-order chi connectivity index (χ0) is 14.4. The number of hydrogen-bond acceptors (Lipinski definition) is 4. The third kappa shape index (κ3) is 3.51. The monoisotopic (exact) mass is 288 g/mol. The Morgan fingerprint density at radius 3 is 2.70 bits per heavy atom. The van der Waals surface area contributed by atoms with Gasteiger partial charge in [0.15, 0.2) is 0 Å². The van der Waals surface area contributed by atoms with Gasteiger partial charge in [0.1, 0.15) is 5.56 Å². The quantitative estimate of drug-likeness (QED) is 0.856. The Hall–Kier alpha value is -2.01. The van der Waals surface area contributed by atoms with Crippen LogP contribution < -0.4 is 10.1 Å². The maximum absolute atomic E-state index is 12.2. The molecule has 1 N–H and O–H groups in total. The Kier molecular flexibility index (Phi) is 5.01. The summed E-state index contributed by atoms with van der Waals surface area (Å²) in [6.07, 6.45) is 3.62. The molecule has 0 fully saturated rings. The van der Waals surface area contributed by atoms with Crippen LogP contribution in [0.3, 0.4) is 0 Å². The van der Waals surface area contributed by atoms with E-state index < -0.39 is 0 Å². The van der Waals surface area contributed by atoms with E-state index in [4.69, 9.17) is 4.74 Å². The van der Waals surface area contributed by atoms with Crippen molar-refractivity contribution < 1.29 is 9.53 Å². The molecule has 1 aromatic carbocycles. The topological polar surface area (TPSA) is 51.2 Å². The van der Waals surface area contributed by atoms with Crippen LogP contribution in [0.25, 0.3) is 0 Å². The molecule has 5 heteroatoms. The van der Waals surface area contributed by atoms with Crippen molar-refractivity contribution in [1.82, 2.24) is 4.98 Å². The molecule has 0 saturated carbocycles. The average molecular weight is 288 g/mol. The molecule has 1 aromatic heterocycles. The van der Waals surface area contributed by atoms with Crippen LogP contribution in [0.15, 0.2) is 47.5 Å². The third-order valence-electron chi connectivity index (χ3n) is 2.64. The van der Waals surface area contributed by atoms with Crippen LogP contribution in [0.5, 0.6) is 5.88 Å². The molecule has 0 aliphatic carbocycles. The number of thioether (sulfide) groups is 1. The minimum absolute atomic E-state index is 0.224. The van der Waals surface area contributed by atoms with E-state index in [1.807, 2.05) is 37.4 Å². The van der Waals surface area contributed by atoms with E-state index in [-0.39, 0.29) is 5.91 Å². The number of pyridine rings is 1. The smallest absolute Gasteiger partial charge is 0.261 e. The number of carbonyl (C=O) groups excluding carboxylic acids is 1. The normalized spacial score (nSPS) is 10.1. The van der Waals surface area contributed by atoms with Gasteiger partial charge in [-0.1, -0.05) is 0 Å². The molecule has 0 atom stereocenters. The number of rotatable bonds is 5. The van der Waals surface area contributed by atoms with E-state index in [0.717, 1.165) is 10.6 Å². The van der Waals surface area contributed by atoms with Crippen molar-refractivity contribution in [2.24, 2.45) is 0 Å². The van der Waals surface area contributed by atoms with Gasteiger partial charge in [0.2, 0.25) is 5.88 Å². The molecule has 1 amide bonds. The number of nitrogens with zero attached hydrogens (tertiary/aromatic N) is 1. The molecule has 0 radical (unpaired) electrons. The van der Waals surface area contributed by atoms with Gasteiger partial charge in [-0.05, 0) is 49.6 Å². The van der Waals surface area contributed by atoms with E-state index in [1.165, 1.54) is 0 Å².